The van der Waals surface area contributed by atoms with Gasteiger partial charge in [0.15, 0.2) is 0 Å². The molecule has 0 aromatic rings. The number of carbonyl (C=O) groups is 1. The summed E-state index contributed by atoms with van der Waals surface area (Å²) in [5, 5.41) is 0. The van der Waals surface area contributed by atoms with Crippen molar-refractivity contribution in [2.24, 2.45) is 4.36 Å². The van der Waals surface area contributed by atoms with E-state index in [1.54, 1.807) is 0 Å². The van der Waals surface area contributed by atoms with Gasteiger partial charge in [-0.1, -0.05) is 0 Å². The van der Waals surface area contributed by atoms with Crippen molar-refractivity contribution < 1.29 is 22.2 Å². The number of carbonyl (C=O) groups excluding carboxylic acids is 1. The van der Waals surface area contributed by atoms with Crippen LogP contribution in [0.25, 0.3) is 0 Å². The number of alkyl halides is 3. The molecule has 1 saturated heterocycles. The predicted molar refractivity (Wildman–Crippen MR) is 40.6 cm³/mol. The molecule has 1 rings (SSSR count). The number of hydrogen-bond acceptors (Lipinski definition) is 2. The molecule has 0 aromatic carbocycles. The summed E-state index contributed by atoms with van der Waals surface area (Å²) in [6.45, 7) is 0. The standard InChI is InChI=1S/C6H8F3NO2S/c7-6(8,9)5(11)10-13(12)3-1-2-4-13/h1-4H2. The lowest BCUT2D eigenvalue weighted by Crippen LogP contribution is -2.22. The van der Waals surface area contributed by atoms with Crippen LogP contribution in [0.15, 0.2) is 4.36 Å². The largest absolute Gasteiger partial charge is 0.474 e. The molecule has 0 saturated carbocycles. The highest BCUT2D eigenvalue weighted by molar-refractivity contribution is 7.94. The summed E-state index contributed by atoms with van der Waals surface area (Å²) < 4.78 is 49.2. The molecular formula is C6H8F3NO2S. The average Bonchev–Trinajstić information content (AvgIpc) is 2.33. The van der Waals surface area contributed by atoms with Crippen molar-refractivity contribution in [2.45, 2.75) is 19.0 Å². The summed E-state index contributed by atoms with van der Waals surface area (Å²) in [7, 11) is -2.88. The smallest absolute Gasteiger partial charge is 0.261 e. The molecule has 0 unspecified atom stereocenters. The first-order valence-electron chi connectivity index (χ1n) is 3.67. The Kier molecular flexibility index (Phi) is 2.65. The molecule has 1 fully saturated rings. The van der Waals surface area contributed by atoms with Gasteiger partial charge in [-0.05, 0) is 12.8 Å². The Hall–Kier alpha value is -0.590. The van der Waals surface area contributed by atoms with Gasteiger partial charge >= 0.3 is 12.1 Å². The molecule has 76 valence electrons. The van der Waals surface area contributed by atoms with Gasteiger partial charge in [0, 0.05) is 11.5 Å². The van der Waals surface area contributed by atoms with Gasteiger partial charge in [0.2, 0.25) is 0 Å². The molecule has 0 bridgehead atoms. The fraction of sp³-hybridized carbons (Fsp3) is 0.833. The van der Waals surface area contributed by atoms with Crippen molar-refractivity contribution in [1.29, 1.82) is 0 Å². The maximum Gasteiger partial charge on any atom is 0.474 e. The lowest BCUT2D eigenvalue weighted by Gasteiger charge is -2.02. The highest BCUT2D eigenvalue weighted by Crippen LogP contribution is 2.20. The molecule has 0 radical (unpaired) electrons. The van der Waals surface area contributed by atoms with Crippen molar-refractivity contribution in [1.82, 2.24) is 0 Å². The van der Waals surface area contributed by atoms with Gasteiger partial charge in [-0.3, -0.25) is 4.79 Å². The van der Waals surface area contributed by atoms with Crippen molar-refractivity contribution >= 4 is 15.6 Å². The number of amides is 1. The van der Waals surface area contributed by atoms with Crippen LogP contribution in [0.5, 0.6) is 0 Å². The first-order valence-corrected chi connectivity index (χ1v) is 5.52. The molecule has 1 aliphatic rings. The Morgan fingerprint density at radius 2 is 1.69 bits per heavy atom. The molecular weight excluding hydrogens is 207 g/mol. The summed E-state index contributed by atoms with van der Waals surface area (Å²) >= 11 is 0. The third-order valence-electron chi connectivity index (χ3n) is 1.67. The van der Waals surface area contributed by atoms with Crippen molar-refractivity contribution in [3.63, 3.8) is 0 Å². The van der Waals surface area contributed by atoms with Crippen LogP contribution in [0.4, 0.5) is 13.2 Å². The Bertz CT molecular complexity index is 315. The first-order chi connectivity index (χ1) is 5.83. The Morgan fingerprint density at radius 3 is 2.08 bits per heavy atom. The average molecular weight is 215 g/mol. The Labute approximate surface area is 73.5 Å². The molecule has 0 atom stereocenters. The van der Waals surface area contributed by atoms with E-state index >= 15 is 0 Å². The molecule has 7 heteroatoms. The minimum Gasteiger partial charge on any atom is -0.261 e. The van der Waals surface area contributed by atoms with Crippen molar-refractivity contribution in [2.75, 3.05) is 11.5 Å². The fourth-order valence-corrected chi connectivity index (χ4v) is 3.15. The fourth-order valence-electron chi connectivity index (χ4n) is 1.05. The lowest BCUT2D eigenvalue weighted by molar-refractivity contribution is -0.169. The predicted octanol–water partition coefficient (Wildman–Crippen LogP) is 1.34. The Morgan fingerprint density at radius 1 is 1.23 bits per heavy atom. The lowest BCUT2D eigenvalue weighted by atomic mass is 10.4. The van der Waals surface area contributed by atoms with Gasteiger partial charge in [-0.25, -0.2) is 4.21 Å². The molecule has 3 nitrogen and oxygen atoms in total. The molecule has 1 amide bonds. The molecule has 0 spiro atoms. The SMILES string of the molecule is O=C(N=S1(=O)CCCC1)C(F)(F)F. The van der Waals surface area contributed by atoms with Crippen LogP contribution in [-0.2, 0) is 14.5 Å². The highest BCUT2D eigenvalue weighted by Gasteiger charge is 2.40. The van der Waals surface area contributed by atoms with E-state index in [9.17, 15) is 22.2 Å². The van der Waals surface area contributed by atoms with Gasteiger partial charge in [0.05, 0.1) is 9.73 Å². The van der Waals surface area contributed by atoms with Gasteiger partial charge in [0.1, 0.15) is 0 Å². The second kappa shape index (κ2) is 3.28. The molecule has 1 aliphatic heterocycles. The third kappa shape index (κ3) is 2.68. The van der Waals surface area contributed by atoms with Crippen LogP contribution >= 0.6 is 0 Å². The zero-order chi connectivity index (χ0) is 10.1. The zero-order valence-electron chi connectivity index (χ0n) is 6.63. The summed E-state index contributed by atoms with van der Waals surface area (Å²) in [5.41, 5.74) is 0. The van der Waals surface area contributed by atoms with Gasteiger partial charge < -0.3 is 0 Å². The summed E-state index contributed by atoms with van der Waals surface area (Å²) in [6, 6.07) is 0. The molecule has 0 aromatic heterocycles. The van der Waals surface area contributed by atoms with E-state index in [2.05, 4.69) is 4.36 Å². The monoisotopic (exact) mass is 215 g/mol. The molecule has 1 heterocycles. The highest BCUT2D eigenvalue weighted by atomic mass is 32.2. The van der Waals surface area contributed by atoms with Gasteiger partial charge in [-0.15, -0.1) is 0 Å². The second-order valence-electron chi connectivity index (χ2n) is 2.78. The van der Waals surface area contributed by atoms with Gasteiger partial charge in [0.25, 0.3) is 0 Å². The maximum atomic E-state index is 11.7. The van der Waals surface area contributed by atoms with E-state index in [1.807, 2.05) is 0 Å². The summed E-state index contributed by atoms with van der Waals surface area (Å²) in [4.78, 5) is 10.4. The third-order valence-corrected chi connectivity index (χ3v) is 4.02. The number of hydrogen-bond donors (Lipinski definition) is 0. The zero-order valence-corrected chi connectivity index (χ0v) is 7.45. The number of halogens is 3. The van der Waals surface area contributed by atoms with Crippen LogP contribution < -0.4 is 0 Å². The van der Waals surface area contributed by atoms with Crippen molar-refractivity contribution in [3.05, 3.63) is 0 Å². The van der Waals surface area contributed by atoms with Crippen molar-refractivity contribution in [3.8, 4) is 0 Å². The minimum absolute atomic E-state index is 0.106. The number of rotatable bonds is 0. The van der Waals surface area contributed by atoms with Crippen LogP contribution in [0.3, 0.4) is 0 Å². The minimum atomic E-state index is -4.99. The first kappa shape index (κ1) is 10.5. The maximum absolute atomic E-state index is 11.7. The van der Waals surface area contributed by atoms with Crippen LogP contribution in [-0.4, -0.2) is 27.8 Å². The van der Waals surface area contributed by atoms with Crippen LogP contribution in [0, 0.1) is 0 Å². The quantitative estimate of drug-likeness (QED) is 0.612. The number of nitrogens with zero attached hydrogens (tertiary/aromatic N) is 1. The molecule has 0 N–H and O–H groups in total. The molecule has 0 aliphatic carbocycles. The van der Waals surface area contributed by atoms with E-state index in [1.165, 1.54) is 0 Å². The van der Waals surface area contributed by atoms with Crippen LogP contribution in [0.2, 0.25) is 0 Å². The Balaban J connectivity index is 2.88. The molecule has 13 heavy (non-hydrogen) atoms. The van der Waals surface area contributed by atoms with Crippen LogP contribution in [0.1, 0.15) is 12.8 Å². The summed E-state index contributed by atoms with van der Waals surface area (Å²) in [6.07, 6.45) is -3.84. The van der Waals surface area contributed by atoms with E-state index in [0.29, 0.717) is 12.8 Å². The van der Waals surface area contributed by atoms with E-state index < -0.39 is 21.8 Å². The normalized spacial score (nSPS) is 21.5. The summed E-state index contributed by atoms with van der Waals surface area (Å²) in [5.74, 6) is -2.01. The van der Waals surface area contributed by atoms with E-state index in [-0.39, 0.29) is 11.5 Å². The van der Waals surface area contributed by atoms with Gasteiger partial charge in [-0.2, -0.15) is 17.5 Å². The van der Waals surface area contributed by atoms with E-state index in [4.69, 9.17) is 0 Å². The second-order valence-corrected chi connectivity index (χ2v) is 5.33. The van der Waals surface area contributed by atoms with E-state index in [0.717, 1.165) is 0 Å². The topological polar surface area (TPSA) is 46.5 Å².